The molecule has 1 aromatic carbocycles. The standard InChI is InChI=1S/C14H11NO2S/c1-10-9-18-14(12(10)7-15)17-8-13(16)11-5-3-2-4-6-11/h2-6,9H,8H2,1H3. The molecule has 3 nitrogen and oxygen atoms in total. The molecule has 0 radical (unpaired) electrons. The minimum atomic E-state index is -0.0921. The van der Waals surface area contributed by atoms with Crippen LogP contribution in [-0.2, 0) is 0 Å². The molecule has 0 fully saturated rings. The molecule has 1 aromatic heterocycles. The predicted octanol–water partition coefficient (Wildman–Crippen LogP) is 3.19. The molecule has 4 heteroatoms. The third-order valence-corrected chi connectivity index (χ3v) is 3.49. The molecule has 2 aromatic rings. The highest BCUT2D eigenvalue weighted by molar-refractivity contribution is 7.12. The van der Waals surface area contributed by atoms with E-state index in [0.29, 0.717) is 16.2 Å². The molecule has 18 heavy (non-hydrogen) atoms. The molecule has 0 unspecified atom stereocenters. The minimum absolute atomic E-state index is 0.0430. The van der Waals surface area contributed by atoms with Crippen molar-refractivity contribution in [2.24, 2.45) is 0 Å². The van der Waals surface area contributed by atoms with E-state index >= 15 is 0 Å². The molecule has 90 valence electrons. The first-order chi connectivity index (χ1) is 8.72. The zero-order chi connectivity index (χ0) is 13.0. The first-order valence-corrected chi connectivity index (χ1v) is 6.29. The lowest BCUT2D eigenvalue weighted by Gasteiger charge is -2.03. The van der Waals surface area contributed by atoms with Gasteiger partial charge in [0.15, 0.2) is 17.5 Å². The van der Waals surface area contributed by atoms with Gasteiger partial charge in [0.1, 0.15) is 11.6 Å². The number of nitrogens with zero attached hydrogens (tertiary/aromatic N) is 1. The number of hydrogen-bond donors (Lipinski definition) is 0. The van der Waals surface area contributed by atoms with E-state index in [1.165, 1.54) is 11.3 Å². The molecule has 1 heterocycles. The van der Waals surface area contributed by atoms with Gasteiger partial charge in [-0.25, -0.2) is 0 Å². The van der Waals surface area contributed by atoms with E-state index in [4.69, 9.17) is 10.00 Å². The smallest absolute Gasteiger partial charge is 0.200 e. The van der Waals surface area contributed by atoms with Crippen LogP contribution in [0.5, 0.6) is 5.06 Å². The van der Waals surface area contributed by atoms with E-state index in [1.54, 1.807) is 12.1 Å². The largest absolute Gasteiger partial charge is 0.474 e. The first-order valence-electron chi connectivity index (χ1n) is 5.41. The number of hydrogen-bond acceptors (Lipinski definition) is 4. The lowest BCUT2D eigenvalue weighted by molar-refractivity contribution is 0.0924. The molecule has 0 aliphatic carbocycles. The fourth-order valence-electron chi connectivity index (χ4n) is 1.50. The summed E-state index contributed by atoms with van der Waals surface area (Å²) in [6.45, 7) is 1.81. The van der Waals surface area contributed by atoms with Gasteiger partial charge in [-0.05, 0) is 17.9 Å². The number of Topliss-reactive ketones (excluding diaryl/α,β-unsaturated/α-hetero) is 1. The Balaban J connectivity index is 2.05. The Morgan fingerprint density at radius 3 is 2.78 bits per heavy atom. The highest BCUT2D eigenvalue weighted by Gasteiger charge is 2.12. The molecule has 0 saturated heterocycles. The Kier molecular flexibility index (Phi) is 3.75. The molecular formula is C14H11NO2S. The zero-order valence-corrected chi connectivity index (χ0v) is 10.7. The van der Waals surface area contributed by atoms with Crippen molar-refractivity contribution in [2.75, 3.05) is 6.61 Å². The molecule has 0 spiro atoms. The normalized spacial score (nSPS) is 9.78. The van der Waals surface area contributed by atoms with E-state index < -0.39 is 0 Å². The van der Waals surface area contributed by atoms with Gasteiger partial charge in [-0.3, -0.25) is 4.79 Å². The first kappa shape index (κ1) is 12.3. The topological polar surface area (TPSA) is 50.1 Å². The summed E-state index contributed by atoms with van der Waals surface area (Å²) in [4.78, 5) is 11.8. The predicted molar refractivity (Wildman–Crippen MR) is 70.0 cm³/mol. The van der Waals surface area contributed by atoms with Crippen LogP contribution in [0, 0.1) is 18.3 Å². The molecule has 0 bridgehead atoms. The summed E-state index contributed by atoms with van der Waals surface area (Å²) in [6.07, 6.45) is 0. The summed E-state index contributed by atoms with van der Waals surface area (Å²) in [5, 5.41) is 11.3. The number of ketones is 1. The zero-order valence-electron chi connectivity index (χ0n) is 9.84. The van der Waals surface area contributed by atoms with Gasteiger partial charge in [0.25, 0.3) is 0 Å². The highest BCUT2D eigenvalue weighted by Crippen LogP contribution is 2.29. The molecule has 0 N–H and O–H groups in total. The number of thiophene rings is 1. The van der Waals surface area contributed by atoms with Crippen LogP contribution < -0.4 is 4.74 Å². The maximum Gasteiger partial charge on any atom is 0.200 e. The second-order valence-electron chi connectivity index (χ2n) is 3.77. The maximum atomic E-state index is 11.8. The molecule has 0 aliphatic rings. The Morgan fingerprint density at radius 2 is 2.11 bits per heavy atom. The third-order valence-electron chi connectivity index (χ3n) is 2.48. The second kappa shape index (κ2) is 5.48. The van der Waals surface area contributed by atoms with Gasteiger partial charge in [-0.1, -0.05) is 30.3 Å². The lowest BCUT2D eigenvalue weighted by Crippen LogP contribution is -2.11. The molecule has 0 amide bonds. The number of carbonyl (C=O) groups excluding carboxylic acids is 1. The van der Waals surface area contributed by atoms with Crippen molar-refractivity contribution in [3.05, 3.63) is 52.4 Å². The van der Waals surface area contributed by atoms with Gasteiger partial charge in [0, 0.05) is 5.56 Å². The Bertz CT molecular complexity index is 596. The SMILES string of the molecule is Cc1csc(OCC(=O)c2ccccc2)c1C#N. The number of benzene rings is 1. The van der Waals surface area contributed by atoms with Crippen LogP contribution >= 0.6 is 11.3 Å². The number of nitriles is 1. The Labute approximate surface area is 109 Å². The van der Waals surface area contributed by atoms with Crippen LogP contribution in [0.25, 0.3) is 0 Å². The summed E-state index contributed by atoms with van der Waals surface area (Å²) >= 11 is 1.34. The van der Waals surface area contributed by atoms with Crippen molar-refractivity contribution >= 4 is 17.1 Å². The van der Waals surface area contributed by atoms with Crippen LogP contribution in [0.4, 0.5) is 0 Å². The Morgan fingerprint density at radius 1 is 1.39 bits per heavy atom. The minimum Gasteiger partial charge on any atom is -0.474 e. The average Bonchev–Trinajstić information content (AvgIpc) is 2.77. The Hall–Kier alpha value is -2.12. The summed E-state index contributed by atoms with van der Waals surface area (Å²) in [7, 11) is 0. The van der Waals surface area contributed by atoms with Crippen molar-refractivity contribution in [1.29, 1.82) is 5.26 Å². The summed E-state index contributed by atoms with van der Waals surface area (Å²) in [5.41, 5.74) is 2.01. The molecule has 0 saturated carbocycles. The quantitative estimate of drug-likeness (QED) is 0.790. The van der Waals surface area contributed by atoms with Crippen LogP contribution in [0.15, 0.2) is 35.7 Å². The van der Waals surface area contributed by atoms with Gasteiger partial charge in [-0.2, -0.15) is 5.26 Å². The van der Waals surface area contributed by atoms with Gasteiger partial charge < -0.3 is 4.74 Å². The number of ether oxygens (including phenoxy) is 1. The van der Waals surface area contributed by atoms with Crippen LogP contribution in [0.2, 0.25) is 0 Å². The van der Waals surface area contributed by atoms with Gasteiger partial charge >= 0.3 is 0 Å². The van der Waals surface area contributed by atoms with Crippen molar-refractivity contribution in [3.63, 3.8) is 0 Å². The van der Waals surface area contributed by atoms with Crippen LogP contribution in [0.1, 0.15) is 21.5 Å². The van der Waals surface area contributed by atoms with E-state index in [2.05, 4.69) is 6.07 Å². The van der Waals surface area contributed by atoms with Crippen molar-refractivity contribution < 1.29 is 9.53 Å². The molecular weight excluding hydrogens is 246 g/mol. The van der Waals surface area contributed by atoms with E-state index in [-0.39, 0.29) is 12.4 Å². The fourth-order valence-corrected chi connectivity index (χ4v) is 2.35. The molecule has 0 aliphatic heterocycles. The van der Waals surface area contributed by atoms with Crippen molar-refractivity contribution in [2.45, 2.75) is 6.92 Å². The average molecular weight is 257 g/mol. The highest BCUT2D eigenvalue weighted by atomic mass is 32.1. The number of aryl methyl sites for hydroxylation is 1. The summed E-state index contributed by atoms with van der Waals surface area (Å²) in [5.74, 6) is -0.0921. The fraction of sp³-hybridized carbons (Fsp3) is 0.143. The number of rotatable bonds is 4. The lowest BCUT2D eigenvalue weighted by atomic mass is 10.1. The van der Waals surface area contributed by atoms with Gasteiger partial charge in [0.05, 0.1) is 0 Å². The van der Waals surface area contributed by atoms with Crippen LogP contribution in [0.3, 0.4) is 0 Å². The van der Waals surface area contributed by atoms with E-state index in [9.17, 15) is 4.79 Å². The second-order valence-corrected chi connectivity index (χ2v) is 4.61. The van der Waals surface area contributed by atoms with Crippen molar-refractivity contribution in [1.82, 2.24) is 0 Å². The molecule has 2 rings (SSSR count). The van der Waals surface area contributed by atoms with E-state index in [1.807, 2.05) is 30.5 Å². The van der Waals surface area contributed by atoms with Crippen molar-refractivity contribution in [3.8, 4) is 11.1 Å². The van der Waals surface area contributed by atoms with E-state index in [0.717, 1.165) is 5.56 Å². The van der Waals surface area contributed by atoms with Gasteiger partial charge in [0.2, 0.25) is 0 Å². The summed E-state index contributed by atoms with van der Waals surface area (Å²) < 4.78 is 5.41. The summed E-state index contributed by atoms with van der Waals surface area (Å²) in [6, 6.07) is 11.0. The van der Waals surface area contributed by atoms with Gasteiger partial charge in [-0.15, -0.1) is 11.3 Å². The monoisotopic (exact) mass is 257 g/mol. The van der Waals surface area contributed by atoms with Crippen LogP contribution in [-0.4, -0.2) is 12.4 Å². The number of carbonyl (C=O) groups is 1. The maximum absolute atomic E-state index is 11.8. The third kappa shape index (κ3) is 2.58. The molecule has 0 atom stereocenters.